The Morgan fingerprint density at radius 1 is 1.34 bits per heavy atom. The van der Waals surface area contributed by atoms with Crippen LogP contribution < -0.4 is 27.3 Å². The summed E-state index contributed by atoms with van der Waals surface area (Å²) >= 11 is 1.02. The first-order chi connectivity index (χ1) is 22.3. The van der Waals surface area contributed by atoms with E-state index in [0.717, 1.165) is 46.8 Å². The summed E-state index contributed by atoms with van der Waals surface area (Å²) in [6, 6.07) is 4.51. The number of oxime groups is 1. The van der Waals surface area contributed by atoms with Gasteiger partial charge < -0.3 is 41.8 Å². The number of hydrogen-bond acceptors (Lipinski definition) is 14. The Hall–Kier alpha value is -3.97. The quantitative estimate of drug-likeness (QED) is 0.0576. The van der Waals surface area contributed by atoms with E-state index < -0.39 is 46.8 Å². The predicted octanol–water partition coefficient (Wildman–Crippen LogP) is 1.67. The molecule has 0 radical (unpaired) electrons. The molecular formula is C29H38N8O8S2. The van der Waals surface area contributed by atoms with Crippen LogP contribution in [0.15, 0.2) is 33.7 Å². The van der Waals surface area contributed by atoms with Crippen LogP contribution in [-0.4, -0.2) is 84.9 Å². The smallest absolute Gasteiger partial charge is 0.354 e. The van der Waals surface area contributed by atoms with Crippen molar-refractivity contribution in [1.29, 1.82) is 0 Å². The molecule has 5 rings (SSSR count). The topological polar surface area (TPSA) is 250 Å². The lowest BCUT2D eigenvalue weighted by atomic mass is 9.78. The molecule has 47 heavy (non-hydrogen) atoms. The van der Waals surface area contributed by atoms with Crippen molar-refractivity contribution in [2.75, 3.05) is 12.3 Å². The first-order valence-corrected chi connectivity index (χ1v) is 16.5. The van der Waals surface area contributed by atoms with Gasteiger partial charge in [-0.2, -0.15) is 9.35 Å². The molecule has 1 aromatic carbocycles. The largest absolute Gasteiger partial charge is 0.485 e. The predicted molar refractivity (Wildman–Crippen MR) is 174 cm³/mol. The highest BCUT2D eigenvalue weighted by Gasteiger charge is 2.57. The number of aromatic nitrogens is 1. The number of aryl methyl sites for hydroxylation is 1. The number of nitrogens with zero attached hydrogens (tertiary/aromatic N) is 4. The van der Waals surface area contributed by atoms with E-state index in [4.69, 9.17) is 35.6 Å². The number of β-lactam (4-membered cyclic amide) rings is 1. The number of rotatable bonds is 13. The molecule has 0 spiro atoms. The normalized spacial score (nSPS) is 25.0. The van der Waals surface area contributed by atoms with E-state index in [1.807, 2.05) is 6.07 Å². The number of thiazole rings is 1. The summed E-state index contributed by atoms with van der Waals surface area (Å²) < 4.78 is 20.0. The zero-order valence-electron chi connectivity index (χ0n) is 26.0. The van der Waals surface area contributed by atoms with Crippen LogP contribution in [0.4, 0.5) is 5.13 Å². The van der Waals surface area contributed by atoms with Crippen molar-refractivity contribution in [2.24, 2.45) is 27.5 Å². The van der Waals surface area contributed by atoms with E-state index in [1.54, 1.807) is 26.0 Å². The van der Waals surface area contributed by atoms with E-state index in [0.29, 0.717) is 30.5 Å². The van der Waals surface area contributed by atoms with E-state index in [1.165, 1.54) is 12.3 Å². The van der Waals surface area contributed by atoms with Gasteiger partial charge in [-0.05, 0) is 89.1 Å². The molecule has 3 aliphatic rings. The van der Waals surface area contributed by atoms with Gasteiger partial charge in [-0.25, -0.2) is 9.78 Å². The van der Waals surface area contributed by atoms with Gasteiger partial charge in [0, 0.05) is 10.9 Å². The van der Waals surface area contributed by atoms with Crippen molar-refractivity contribution in [3.8, 4) is 5.75 Å². The van der Waals surface area contributed by atoms with Crippen molar-refractivity contribution >= 4 is 58.1 Å². The van der Waals surface area contributed by atoms with Crippen molar-refractivity contribution in [3.05, 3.63) is 40.4 Å². The lowest BCUT2D eigenvalue weighted by molar-refractivity contribution is -0.214. The number of amidine groups is 1. The Labute approximate surface area is 279 Å². The van der Waals surface area contributed by atoms with E-state index in [2.05, 4.69) is 20.4 Å². The summed E-state index contributed by atoms with van der Waals surface area (Å²) in [7, 11) is 0. The Kier molecular flexibility index (Phi) is 9.97. The number of carbonyl (C=O) groups is 3. The number of carboxylic acids is 1. The van der Waals surface area contributed by atoms with Crippen LogP contribution in [0.1, 0.15) is 63.3 Å². The van der Waals surface area contributed by atoms with Crippen molar-refractivity contribution in [2.45, 2.75) is 82.2 Å². The van der Waals surface area contributed by atoms with E-state index in [9.17, 15) is 19.5 Å². The van der Waals surface area contributed by atoms with E-state index in [-0.39, 0.29) is 35.6 Å². The van der Waals surface area contributed by atoms with Gasteiger partial charge >= 0.3 is 5.97 Å². The highest BCUT2D eigenvalue weighted by molar-refractivity contribution is 7.88. The first kappa shape index (κ1) is 34.4. The number of aliphatic imine (C=N–C) groups is 1. The van der Waals surface area contributed by atoms with Crippen LogP contribution >= 0.6 is 23.7 Å². The summed E-state index contributed by atoms with van der Waals surface area (Å²) in [4.78, 5) is 53.0. The SMILES string of the molecule is CC(O/N=C(\C(=O)NC1C(=O)N(OSO)C1(C)C)c1csc(N)n1)(C(=O)O)C1CCc2cc(C(N)=NC3CC(CCN)C3)ccc2O1. The molecule has 254 valence electrons. The average molecular weight is 691 g/mol. The minimum absolute atomic E-state index is 0.00608. The number of aliphatic carboxylic acids is 1. The number of carbonyl (C=O) groups excluding carboxylic acids is 2. The Morgan fingerprint density at radius 2 is 2.09 bits per heavy atom. The van der Waals surface area contributed by atoms with Crippen LogP contribution in [0.3, 0.4) is 0 Å². The molecule has 2 aliphatic heterocycles. The van der Waals surface area contributed by atoms with Gasteiger partial charge in [0.05, 0.1) is 11.6 Å². The van der Waals surface area contributed by atoms with Crippen molar-refractivity contribution in [3.63, 3.8) is 0 Å². The third kappa shape index (κ3) is 6.87. The van der Waals surface area contributed by atoms with Gasteiger partial charge in [0.15, 0.2) is 29.3 Å². The maximum absolute atomic E-state index is 13.4. The summed E-state index contributed by atoms with van der Waals surface area (Å²) in [6.07, 6.45) is 2.64. The molecule has 3 atom stereocenters. The number of carboxylic acid groups (broad SMARTS) is 1. The monoisotopic (exact) mass is 690 g/mol. The Bertz CT molecular complexity index is 1590. The van der Waals surface area contributed by atoms with Crippen molar-refractivity contribution < 1.29 is 37.9 Å². The maximum atomic E-state index is 13.4. The van der Waals surface area contributed by atoms with Gasteiger partial charge in [0.2, 0.25) is 0 Å². The summed E-state index contributed by atoms with van der Waals surface area (Å²) in [5.41, 5.74) is 15.9. The third-order valence-electron chi connectivity index (χ3n) is 8.81. The lowest BCUT2D eigenvalue weighted by Gasteiger charge is -2.50. The van der Waals surface area contributed by atoms with Crippen LogP contribution in [0.2, 0.25) is 0 Å². The number of anilines is 1. The molecule has 1 aliphatic carbocycles. The number of nitrogen functional groups attached to an aromatic ring is 1. The number of hydrogen-bond donors (Lipinski definition) is 6. The lowest BCUT2D eigenvalue weighted by Crippen LogP contribution is -2.76. The Balaban J connectivity index is 1.32. The summed E-state index contributed by atoms with van der Waals surface area (Å²) in [5, 5.41) is 19.3. The molecule has 1 saturated carbocycles. The average Bonchev–Trinajstić information content (AvgIpc) is 3.45. The van der Waals surface area contributed by atoms with Gasteiger partial charge in [-0.3, -0.25) is 14.6 Å². The molecule has 9 N–H and O–H groups in total. The zero-order chi connectivity index (χ0) is 34.1. The first-order valence-electron chi connectivity index (χ1n) is 15.0. The minimum atomic E-state index is -2.04. The fourth-order valence-electron chi connectivity index (χ4n) is 5.82. The molecule has 3 unspecified atom stereocenters. The Morgan fingerprint density at radius 3 is 2.70 bits per heavy atom. The fraction of sp³-hybridized carbons (Fsp3) is 0.517. The summed E-state index contributed by atoms with van der Waals surface area (Å²) in [6.45, 7) is 5.19. The van der Waals surface area contributed by atoms with Crippen LogP contribution in [-0.2, 0) is 29.9 Å². The highest BCUT2D eigenvalue weighted by atomic mass is 32.2. The number of amides is 2. The standard InChI is InChI=1S/C29H38N8O8S2/c1-28(2)22(25(39)37(28)45-47-42)35-24(38)21(18-13-46-27(32)34-18)36-44-29(3,26(40)41)20-7-5-15-12-16(4-6-19(15)43-20)23(31)33-17-10-14(11-17)8-9-30/h4,6,12-14,17,20,22,42H,5,7-11,30H2,1-3H3,(H2,31,33)(H2,32,34)(H,35,38)(H,40,41)/b36-21-. The molecule has 2 amide bonds. The second-order valence-corrected chi connectivity index (χ2v) is 13.6. The molecule has 2 aromatic rings. The second kappa shape index (κ2) is 13.6. The number of nitrogens with one attached hydrogen (secondary N) is 1. The fourth-order valence-corrected chi connectivity index (χ4v) is 6.70. The molecular weight excluding hydrogens is 653 g/mol. The van der Waals surface area contributed by atoms with Gasteiger partial charge in [0.25, 0.3) is 17.4 Å². The highest BCUT2D eigenvalue weighted by Crippen LogP contribution is 2.36. The molecule has 1 saturated heterocycles. The van der Waals surface area contributed by atoms with Crippen molar-refractivity contribution in [1.82, 2.24) is 15.4 Å². The molecule has 2 fully saturated rings. The minimum Gasteiger partial charge on any atom is -0.485 e. The number of benzene rings is 1. The maximum Gasteiger partial charge on any atom is 0.354 e. The van der Waals surface area contributed by atoms with Crippen LogP contribution in [0, 0.1) is 5.92 Å². The number of nitrogens with two attached hydrogens (primary N) is 3. The van der Waals surface area contributed by atoms with Crippen LogP contribution in [0.25, 0.3) is 0 Å². The third-order valence-corrected chi connectivity index (χ3v) is 9.70. The molecule has 16 nitrogen and oxygen atoms in total. The molecule has 1 aromatic heterocycles. The number of hydroxylamine groups is 2. The van der Waals surface area contributed by atoms with E-state index >= 15 is 0 Å². The van der Waals surface area contributed by atoms with Gasteiger partial charge in [-0.1, -0.05) is 5.16 Å². The number of ether oxygens (including phenoxy) is 1. The number of fused-ring (bicyclic) bond motifs is 1. The molecule has 3 heterocycles. The van der Waals surface area contributed by atoms with Crippen LogP contribution in [0.5, 0.6) is 5.75 Å². The summed E-state index contributed by atoms with van der Waals surface area (Å²) in [5.74, 6) is -1.38. The molecule has 18 heteroatoms. The molecule has 0 bridgehead atoms. The van der Waals surface area contributed by atoms with Gasteiger partial charge in [0.1, 0.15) is 23.3 Å². The van der Waals surface area contributed by atoms with Gasteiger partial charge in [-0.15, -0.1) is 11.3 Å². The zero-order valence-corrected chi connectivity index (χ0v) is 27.7. The second-order valence-electron chi connectivity index (χ2n) is 12.4.